The molecule has 1 N–H and O–H groups in total. The average molecular weight is 363 g/mol. The fraction of sp³-hybridized carbons (Fsp3) is 0.222. The number of amides is 2. The van der Waals surface area contributed by atoms with Crippen molar-refractivity contribution in [3.8, 4) is 0 Å². The molecule has 1 unspecified atom stereocenters. The van der Waals surface area contributed by atoms with Crippen LogP contribution in [0.1, 0.15) is 12.0 Å². The summed E-state index contributed by atoms with van der Waals surface area (Å²) in [6.45, 7) is 2.21. The molecule has 0 aromatic heterocycles. The zero-order chi connectivity index (χ0) is 17.3. The third-order valence-electron chi connectivity index (χ3n) is 4.12. The second-order valence-electron chi connectivity index (χ2n) is 5.78. The van der Waals surface area contributed by atoms with Crippen molar-refractivity contribution in [3.63, 3.8) is 0 Å². The maximum atomic E-state index is 12.5. The quantitative estimate of drug-likeness (QED) is 0.884. The number of aryl methyl sites for hydroxylation is 1. The number of hydrogen-bond donors (Lipinski definition) is 1. The first-order valence-corrected chi connectivity index (χ1v) is 8.34. The monoisotopic (exact) mass is 362 g/mol. The molecule has 0 radical (unpaired) electrons. The van der Waals surface area contributed by atoms with E-state index in [9.17, 15) is 9.59 Å². The lowest BCUT2D eigenvalue weighted by Gasteiger charge is -2.18. The molecule has 0 saturated carbocycles. The molecule has 0 spiro atoms. The zero-order valence-corrected chi connectivity index (χ0v) is 14.6. The molecule has 4 nitrogen and oxygen atoms in total. The van der Waals surface area contributed by atoms with Gasteiger partial charge in [0.2, 0.25) is 11.8 Å². The molecule has 2 aromatic carbocycles. The normalized spacial score (nSPS) is 17.2. The van der Waals surface area contributed by atoms with E-state index in [-0.39, 0.29) is 24.8 Å². The van der Waals surface area contributed by atoms with Gasteiger partial charge in [0.25, 0.3) is 0 Å². The lowest BCUT2D eigenvalue weighted by atomic mass is 10.1. The number of benzene rings is 2. The van der Waals surface area contributed by atoms with Crippen molar-refractivity contribution in [2.75, 3.05) is 16.8 Å². The zero-order valence-electron chi connectivity index (χ0n) is 13.1. The molecule has 0 aliphatic carbocycles. The third kappa shape index (κ3) is 3.25. The van der Waals surface area contributed by atoms with E-state index in [1.165, 1.54) is 4.90 Å². The molecule has 2 amide bonds. The number of nitrogens with one attached hydrogen (secondary N) is 1. The van der Waals surface area contributed by atoms with Gasteiger partial charge in [0.15, 0.2) is 0 Å². The van der Waals surface area contributed by atoms with Crippen molar-refractivity contribution in [1.29, 1.82) is 0 Å². The molecule has 1 aliphatic rings. The smallest absolute Gasteiger partial charge is 0.229 e. The summed E-state index contributed by atoms with van der Waals surface area (Å²) in [6.07, 6.45) is 0.153. The van der Waals surface area contributed by atoms with E-state index in [1.54, 1.807) is 18.2 Å². The Morgan fingerprint density at radius 2 is 1.92 bits per heavy atom. The summed E-state index contributed by atoms with van der Waals surface area (Å²) in [4.78, 5) is 26.3. The Morgan fingerprint density at radius 1 is 1.17 bits per heavy atom. The Hall–Kier alpha value is -2.04. The Labute approximate surface area is 150 Å². The molecule has 0 bridgehead atoms. The largest absolute Gasteiger partial charge is 0.326 e. The number of hydrogen-bond acceptors (Lipinski definition) is 2. The van der Waals surface area contributed by atoms with Crippen LogP contribution in [0.4, 0.5) is 11.4 Å². The van der Waals surface area contributed by atoms with Gasteiger partial charge in [0, 0.05) is 18.7 Å². The predicted octanol–water partition coefficient (Wildman–Crippen LogP) is 4.29. The summed E-state index contributed by atoms with van der Waals surface area (Å²) >= 11 is 12.2. The molecule has 3 rings (SSSR count). The maximum Gasteiger partial charge on any atom is 0.229 e. The number of carbonyl (C=O) groups is 2. The van der Waals surface area contributed by atoms with Crippen molar-refractivity contribution in [3.05, 3.63) is 58.1 Å². The Morgan fingerprint density at radius 3 is 2.67 bits per heavy atom. The summed E-state index contributed by atoms with van der Waals surface area (Å²) < 4.78 is 0. The fourth-order valence-corrected chi connectivity index (χ4v) is 3.16. The van der Waals surface area contributed by atoms with Crippen molar-refractivity contribution in [2.24, 2.45) is 5.92 Å². The standard InChI is InChI=1S/C18H16Cl2N2O2/c1-11-5-2-3-7-14(11)21-18(24)12-9-16(23)22(10-12)15-8-4-6-13(19)17(15)20/h2-8,12H,9-10H2,1H3,(H,21,24). The van der Waals surface area contributed by atoms with E-state index in [1.807, 2.05) is 31.2 Å². The molecular weight excluding hydrogens is 347 g/mol. The van der Waals surface area contributed by atoms with E-state index < -0.39 is 5.92 Å². The van der Waals surface area contributed by atoms with E-state index in [4.69, 9.17) is 23.2 Å². The van der Waals surface area contributed by atoms with Gasteiger partial charge in [-0.2, -0.15) is 0 Å². The molecule has 1 saturated heterocycles. The predicted molar refractivity (Wildman–Crippen MR) is 96.7 cm³/mol. The number of para-hydroxylation sites is 1. The SMILES string of the molecule is Cc1ccccc1NC(=O)C1CC(=O)N(c2cccc(Cl)c2Cl)C1. The molecule has 1 aliphatic heterocycles. The van der Waals surface area contributed by atoms with Crippen LogP contribution in [-0.4, -0.2) is 18.4 Å². The number of nitrogens with zero attached hydrogens (tertiary/aromatic N) is 1. The summed E-state index contributed by atoms with van der Waals surface area (Å²) in [7, 11) is 0. The molecule has 1 heterocycles. The van der Waals surface area contributed by atoms with Crippen LogP contribution in [0.2, 0.25) is 10.0 Å². The molecular formula is C18H16Cl2N2O2. The average Bonchev–Trinajstić information content (AvgIpc) is 2.94. The van der Waals surface area contributed by atoms with Gasteiger partial charge in [-0.3, -0.25) is 9.59 Å². The number of rotatable bonds is 3. The van der Waals surface area contributed by atoms with Crippen molar-refractivity contribution in [2.45, 2.75) is 13.3 Å². The minimum Gasteiger partial charge on any atom is -0.326 e. The van der Waals surface area contributed by atoms with Crippen LogP contribution in [0.5, 0.6) is 0 Å². The van der Waals surface area contributed by atoms with Crippen LogP contribution in [-0.2, 0) is 9.59 Å². The van der Waals surface area contributed by atoms with Gasteiger partial charge in [0.05, 0.1) is 21.7 Å². The highest BCUT2D eigenvalue weighted by Gasteiger charge is 2.36. The summed E-state index contributed by atoms with van der Waals surface area (Å²) in [5.41, 5.74) is 2.28. The lowest BCUT2D eigenvalue weighted by molar-refractivity contribution is -0.122. The minimum atomic E-state index is -0.424. The highest BCUT2D eigenvalue weighted by atomic mass is 35.5. The van der Waals surface area contributed by atoms with Gasteiger partial charge in [-0.05, 0) is 30.7 Å². The first kappa shape index (κ1) is 16.8. The lowest BCUT2D eigenvalue weighted by Crippen LogP contribution is -2.28. The van der Waals surface area contributed by atoms with E-state index >= 15 is 0 Å². The molecule has 124 valence electrons. The van der Waals surface area contributed by atoms with Crippen LogP contribution >= 0.6 is 23.2 Å². The van der Waals surface area contributed by atoms with Gasteiger partial charge >= 0.3 is 0 Å². The van der Waals surface area contributed by atoms with Crippen LogP contribution in [0, 0.1) is 12.8 Å². The van der Waals surface area contributed by atoms with E-state index in [0.29, 0.717) is 15.7 Å². The summed E-state index contributed by atoms with van der Waals surface area (Å²) in [5, 5.41) is 3.60. The Balaban J connectivity index is 1.76. The van der Waals surface area contributed by atoms with E-state index in [2.05, 4.69) is 5.32 Å². The van der Waals surface area contributed by atoms with Crippen LogP contribution in [0.15, 0.2) is 42.5 Å². The van der Waals surface area contributed by atoms with Gasteiger partial charge in [-0.1, -0.05) is 47.5 Å². The number of anilines is 2. The highest BCUT2D eigenvalue weighted by Crippen LogP contribution is 2.35. The van der Waals surface area contributed by atoms with Gasteiger partial charge < -0.3 is 10.2 Å². The first-order chi connectivity index (χ1) is 11.5. The molecule has 6 heteroatoms. The highest BCUT2D eigenvalue weighted by molar-refractivity contribution is 6.44. The van der Waals surface area contributed by atoms with Crippen molar-refractivity contribution < 1.29 is 9.59 Å². The summed E-state index contributed by atoms with van der Waals surface area (Å²) in [6, 6.07) is 12.7. The third-order valence-corrected chi connectivity index (χ3v) is 4.93. The van der Waals surface area contributed by atoms with Crippen molar-refractivity contribution in [1.82, 2.24) is 0 Å². The van der Waals surface area contributed by atoms with Gasteiger partial charge in [-0.25, -0.2) is 0 Å². The molecule has 24 heavy (non-hydrogen) atoms. The Bertz CT molecular complexity index is 807. The number of carbonyl (C=O) groups excluding carboxylic acids is 2. The second kappa shape index (κ2) is 6.83. The van der Waals surface area contributed by atoms with Crippen LogP contribution in [0.3, 0.4) is 0 Å². The topological polar surface area (TPSA) is 49.4 Å². The Kier molecular flexibility index (Phi) is 4.78. The van der Waals surface area contributed by atoms with Crippen LogP contribution < -0.4 is 10.2 Å². The molecule has 1 fully saturated rings. The molecule has 1 atom stereocenters. The fourth-order valence-electron chi connectivity index (χ4n) is 2.76. The minimum absolute atomic E-state index is 0.135. The first-order valence-electron chi connectivity index (χ1n) is 7.58. The van der Waals surface area contributed by atoms with Gasteiger partial charge in [0.1, 0.15) is 0 Å². The maximum absolute atomic E-state index is 12.5. The molecule has 2 aromatic rings. The second-order valence-corrected chi connectivity index (χ2v) is 6.57. The number of halogens is 2. The van der Waals surface area contributed by atoms with Crippen LogP contribution in [0.25, 0.3) is 0 Å². The van der Waals surface area contributed by atoms with Crippen molar-refractivity contribution >= 4 is 46.4 Å². The summed E-state index contributed by atoms with van der Waals surface area (Å²) in [5.74, 6) is -0.727. The van der Waals surface area contributed by atoms with Gasteiger partial charge in [-0.15, -0.1) is 0 Å². The van der Waals surface area contributed by atoms with E-state index in [0.717, 1.165) is 11.3 Å².